The molecule has 0 aliphatic heterocycles. The first-order valence-electron chi connectivity index (χ1n) is 10.2. The van der Waals surface area contributed by atoms with E-state index < -0.39 is 5.91 Å². The van der Waals surface area contributed by atoms with Crippen LogP contribution in [0.25, 0.3) is 10.9 Å². The monoisotopic (exact) mass is 403 g/mol. The molecule has 0 radical (unpaired) electrons. The third-order valence-electron chi connectivity index (χ3n) is 5.78. The molecule has 7 heteroatoms. The quantitative estimate of drug-likeness (QED) is 0.584. The van der Waals surface area contributed by atoms with Crippen molar-refractivity contribution in [3.63, 3.8) is 0 Å². The Morgan fingerprint density at radius 3 is 2.70 bits per heavy atom. The van der Waals surface area contributed by atoms with Gasteiger partial charge in [-0.1, -0.05) is 31.0 Å². The highest BCUT2D eigenvalue weighted by atomic mass is 16.1. The van der Waals surface area contributed by atoms with E-state index in [2.05, 4.69) is 15.3 Å². The standard InChI is InChI=1S/C23H25N5O2/c1-15(16-6-4-9-18(12-16)28(14-29)17-7-2-3-8-17)27-23-20-11-5-10-19(22(24)30)21(20)25-13-26-23/h4-6,9-15,17H,2-3,7-8H2,1H3,(H2,24,30)(H,25,26,27)/t15-/m1/s1. The average Bonchev–Trinajstić information content (AvgIpc) is 3.28. The fraction of sp³-hybridized carbons (Fsp3) is 0.304. The van der Waals surface area contributed by atoms with Gasteiger partial charge in [0.2, 0.25) is 6.41 Å². The molecule has 1 heterocycles. The summed E-state index contributed by atoms with van der Waals surface area (Å²) in [5.41, 5.74) is 8.32. The Labute approximate surface area is 175 Å². The van der Waals surface area contributed by atoms with Crippen LogP contribution in [0.3, 0.4) is 0 Å². The molecule has 3 N–H and O–H groups in total. The summed E-state index contributed by atoms with van der Waals surface area (Å²) < 4.78 is 0. The van der Waals surface area contributed by atoms with E-state index in [1.807, 2.05) is 42.2 Å². The largest absolute Gasteiger partial charge is 0.366 e. The molecular formula is C23H25N5O2. The highest BCUT2D eigenvalue weighted by Gasteiger charge is 2.23. The number of para-hydroxylation sites is 1. The summed E-state index contributed by atoms with van der Waals surface area (Å²) in [5.74, 6) is 0.107. The van der Waals surface area contributed by atoms with Crippen molar-refractivity contribution in [2.75, 3.05) is 10.2 Å². The average molecular weight is 403 g/mol. The van der Waals surface area contributed by atoms with Crippen LogP contribution in [0.5, 0.6) is 0 Å². The Morgan fingerprint density at radius 2 is 1.97 bits per heavy atom. The number of nitrogens with zero attached hydrogens (tertiary/aromatic N) is 3. The topological polar surface area (TPSA) is 101 Å². The molecule has 0 spiro atoms. The number of hydrogen-bond donors (Lipinski definition) is 2. The number of amides is 2. The zero-order valence-electron chi connectivity index (χ0n) is 16.9. The minimum absolute atomic E-state index is 0.0719. The summed E-state index contributed by atoms with van der Waals surface area (Å²) in [6, 6.07) is 13.5. The van der Waals surface area contributed by atoms with Crippen molar-refractivity contribution in [2.45, 2.75) is 44.7 Å². The lowest BCUT2D eigenvalue weighted by atomic mass is 10.1. The molecule has 1 aromatic heterocycles. The maximum absolute atomic E-state index is 11.8. The van der Waals surface area contributed by atoms with E-state index in [9.17, 15) is 9.59 Å². The molecule has 4 rings (SSSR count). The lowest BCUT2D eigenvalue weighted by Crippen LogP contribution is -2.31. The molecule has 0 saturated heterocycles. The number of nitrogens with two attached hydrogens (primary N) is 1. The van der Waals surface area contributed by atoms with Crippen molar-refractivity contribution in [3.05, 3.63) is 59.9 Å². The van der Waals surface area contributed by atoms with E-state index in [1.165, 1.54) is 19.2 Å². The minimum atomic E-state index is -0.521. The van der Waals surface area contributed by atoms with Crippen LogP contribution in [0, 0.1) is 0 Å². The Bertz CT molecular complexity index is 1080. The molecule has 1 saturated carbocycles. The van der Waals surface area contributed by atoms with Gasteiger partial charge in [-0.3, -0.25) is 9.59 Å². The molecule has 1 aliphatic carbocycles. The van der Waals surface area contributed by atoms with Gasteiger partial charge in [0.15, 0.2) is 0 Å². The zero-order chi connectivity index (χ0) is 21.1. The van der Waals surface area contributed by atoms with Crippen molar-refractivity contribution < 1.29 is 9.59 Å². The molecule has 30 heavy (non-hydrogen) atoms. The summed E-state index contributed by atoms with van der Waals surface area (Å²) in [4.78, 5) is 33.9. The number of carbonyl (C=O) groups excluding carboxylic acids is 2. The van der Waals surface area contributed by atoms with Gasteiger partial charge in [0.25, 0.3) is 5.91 Å². The molecular weight excluding hydrogens is 378 g/mol. The second-order valence-corrected chi connectivity index (χ2v) is 7.70. The van der Waals surface area contributed by atoms with Gasteiger partial charge in [0.05, 0.1) is 17.1 Å². The smallest absolute Gasteiger partial charge is 0.250 e. The molecule has 0 unspecified atom stereocenters. The Morgan fingerprint density at radius 1 is 1.20 bits per heavy atom. The van der Waals surface area contributed by atoms with Crippen LogP contribution in [0.2, 0.25) is 0 Å². The Kier molecular flexibility index (Phi) is 5.61. The molecule has 3 aromatic rings. The summed E-state index contributed by atoms with van der Waals surface area (Å²) in [6.07, 6.45) is 6.80. The summed E-state index contributed by atoms with van der Waals surface area (Å²) in [5, 5.41) is 4.14. The van der Waals surface area contributed by atoms with E-state index >= 15 is 0 Å². The number of benzene rings is 2. The van der Waals surface area contributed by atoms with Gasteiger partial charge in [-0.05, 0) is 49.6 Å². The highest BCUT2D eigenvalue weighted by molar-refractivity contribution is 6.06. The van der Waals surface area contributed by atoms with Crippen molar-refractivity contribution in [3.8, 4) is 0 Å². The number of fused-ring (bicyclic) bond motifs is 1. The van der Waals surface area contributed by atoms with Gasteiger partial charge in [-0.15, -0.1) is 0 Å². The van der Waals surface area contributed by atoms with Crippen LogP contribution in [-0.2, 0) is 4.79 Å². The fourth-order valence-electron chi connectivity index (χ4n) is 4.18. The van der Waals surface area contributed by atoms with Crippen LogP contribution in [0.15, 0.2) is 48.8 Å². The van der Waals surface area contributed by atoms with Gasteiger partial charge >= 0.3 is 0 Å². The van der Waals surface area contributed by atoms with Crippen LogP contribution in [0.1, 0.15) is 54.6 Å². The van der Waals surface area contributed by atoms with E-state index in [-0.39, 0.29) is 12.1 Å². The van der Waals surface area contributed by atoms with E-state index in [1.54, 1.807) is 12.1 Å². The molecule has 7 nitrogen and oxygen atoms in total. The Hall–Kier alpha value is -3.48. The second kappa shape index (κ2) is 8.49. The van der Waals surface area contributed by atoms with Crippen LogP contribution >= 0.6 is 0 Å². The van der Waals surface area contributed by atoms with Crippen molar-refractivity contribution in [2.24, 2.45) is 5.73 Å². The van der Waals surface area contributed by atoms with Gasteiger partial charge in [0, 0.05) is 17.1 Å². The third kappa shape index (κ3) is 3.83. The number of primary amides is 1. The predicted octanol–water partition coefficient (Wildman–Crippen LogP) is 3.81. The number of carbonyl (C=O) groups is 2. The lowest BCUT2D eigenvalue weighted by Gasteiger charge is -2.26. The zero-order valence-corrected chi connectivity index (χ0v) is 16.9. The van der Waals surface area contributed by atoms with Crippen molar-refractivity contribution in [1.82, 2.24) is 9.97 Å². The first-order chi connectivity index (χ1) is 14.6. The first kappa shape index (κ1) is 19.8. The summed E-state index contributed by atoms with van der Waals surface area (Å²) in [6.45, 7) is 2.03. The maximum Gasteiger partial charge on any atom is 0.250 e. The van der Waals surface area contributed by atoms with Gasteiger partial charge in [0.1, 0.15) is 12.1 Å². The van der Waals surface area contributed by atoms with Crippen LogP contribution in [-0.4, -0.2) is 28.3 Å². The lowest BCUT2D eigenvalue weighted by molar-refractivity contribution is -0.107. The number of hydrogen-bond acceptors (Lipinski definition) is 5. The SMILES string of the molecule is C[C@@H](Nc1ncnc2c(C(N)=O)cccc12)c1cccc(N(C=O)C2CCCC2)c1. The fourth-order valence-corrected chi connectivity index (χ4v) is 4.18. The number of rotatable bonds is 7. The van der Waals surface area contributed by atoms with E-state index in [0.717, 1.165) is 35.9 Å². The van der Waals surface area contributed by atoms with Gasteiger partial charge < -0.3 is 16.0 Å². The predicted molar refractivity (Wildman–Crippen MR) is 117 cm³/mol. The number of nitrogens with one attached hydrogen (secondary N) is 1. The van der Waals surface area contributed by atoms with E-state index in [4.69, 9.17) is 5.73 Å². The first-order valence-corrected chi connectivity index (χ1v) is 10.2. The molecule has 1 atom stereocenters. The number of aromatic nitrogens is 2. The minimum Gasteiger partial charge on any atom is -0.366 e. The Balaban J connectivity index is 1.62. The molecule has 2 aromatic carbocycles. The molecule has 1 fully saturated rings. The normalized spacial score (nSPS) is 15.1. The van der Waals surface area contributed by atoms with Gasteiger partial charge in [-0.2, -0.15) is 0 Å². The molecule has 0 bridgehead atoms. The second-order valence-electron chi connectivity index (χ2n) is 7.70. The van der Waals surface area contributed by atoms with E-state index in [0.29, 0.717) is 16.9 Å². The summed E-state index contributed by atoms with van der Waals surface area (Å²) >= 11 is 0. The molecule has 2 amide bonds. The highest BCUT2D eigenvalue weighted by Crippen LogP contribution is 2.30. The third-order valence-corrected chi connectivity index (χ3v) is 5.78. The van der Waals surface area contributed by atoms with Crippen LogP contribution < -0.4 is 16.0 Å². The van der Waals surface area contributed by atoms with Crippen LogP contribution in [0.4, 0.5) is 11.5 Å². The molecule has 1 aliphatic rings. The maximum atomic E-state index is 11.8. The van der Waals surface area contributed by atoms with Crippen molar-refractivity contribution >= 4 is 34.7 Å². The van der Waals surface area contributed by atoms with Crippen molar-refractivity contribution in [1.29, 1.82) is 0 Å². The number of anilines is 2. The van der Waals surface area contributed by atoms with Gasteiger partial charge in [-0.25, -0.2) is 9.97 Å². The molecule has 154 valence electrons. The summed E-state index contributed by atoms with van der Waals surface area (Å²) in [7, 11) is 0.